The van der Waals surface area contributed by atoms with Gasteiger partial charge in [0.1, 0.15) is 11.4 Å². The zero-order valence-corrected chi connectivity index (χ0v) is 16.2. The standard InChI is InChI=1S/C25H24O3/c1-17-4-3-5-18(14-17)16-25(2)13-12-22-15-21(10-11-23(22)28-25)19-6-8-20(9-7-19)24(26)27/h3-11,14-15H,12-13,16H2,1-2H3,(H,26,27)/t25-/m1/s1. The molecule has 28 heavy (non-hydrogen) atoms. The number of ether oxygens (including phenoxy) is 1. The summed E-state index contributed by atoms with van der Waals surface area (Å²) in [6.45, 7) is 4.31. The van der Waals surface area contributed by atoms with Gasteiger partial charge in [-0.1, -0.05) is 48.0 Å². The lowest BCUT2D eigenvalue weighted by atomic mass is 9.86. The summed E-state index contributed by atoms with van der Waals surface area (Å²) in [6, 6.07) is 21.9. The van der Waals surface area contributed by atoms with E-state index in [4.69, 9.17) is 9.84 Å². The number of aryl methyl sites for hydroxylation is 2. The van der Waals surface area contributed by atoms with Gasteiger partial charge >= 0.3 is 5.97 Å². The van der Waals surface area contributed by atoms with Crippen LogP contribution in [0.25, 0.3) is 11.1 Å². The first-order chi connectivity index (χ1) is 13.4. The number of rotatable bonds is 4. The van der Waals surface area contributed by atoms with Crippen molar-refractivity contribution in [1.82, 2.24) is 0 Å². The van der Waals surface area contributed by atoms with Gasteiger partial charge in [0, 0.05) is 6.42 Å². The van der Waals surface area contributed by atoms with Crippen molar-refractivity contribution in [2.45, 2.75) is 38.7 Å². The molecule has 0 spiro atoms. The van der Waals surface area contributed by atoms with Crippen molar-refractivity contribution in [3.63, 3.8) is 0 Å². The number of hydrogen-bond donors (Lipinski definition) is 1. The number of fused-ring (bicyclic) bond motifs is 1. The lowest BCUT2D eigenvalue weighted by Crippen LogP contribution is -2.38. The molecule has 0 fully saturated rings. The highest BCUT2D eigenvalue weighted by Crippen LogP contribution is 2.37. The Bertz CT molecular complexity index is 1020. The molecule has 1 N–H and O–H groups in total. The fourth-order valence-corrected chi connectivity index (χ4v) is 3.95. The van der Waals surface area contributed by atoms with Crippen molar-refractivity contribution in [3.05, 3.63) is 89.0 Å². The number of carbonyl (C=O) groups is 1. The number of aromatic carboxylic acids is 1. The van der Waals surface area contributed by atoms with E-state index >= 15 is 0 Å². The van der Waals surface area contributed by atoms with Gasteiger partial charge in [-0.15, -0.1) is 0 Å². The smallest absolute Gasteiger partial charge is 0.335 e. The Morgan fingerprint density at radius 3 is 2.50 bits per heavy atom. The van der Waals surface area contributed by atoms with Crippen LogP contribution in [-0.2, 0) is 12.8 Å². The molecule has 0 saturated heterocycles. The molecule has 3 aromatic rings. The van der Waals surface area contributed by atoms with Gasteiger partial charge in [-0.2, -0.15) is 0 Å². The molecule has 3 nitrogen and oxygen atoms in total. The van der Waals surface area contributed by atoms with Gasteiger partial charge in [0.05, 0.1) is 5.56 Å². The van der Waals surface area contributed by atoms with Gasteiger partial charge in [-0.3, -0.25) is 0 Å². The molecular weight excluding hydrogens is 348 g/mol. The topological polar surface area (TPSA) is 46.5 Å². The molecule has 0 saturated carbocycles. The average molecular weight is 372 g/mol. The van der Waals surface area contributed by atoms with E-state index in [2.05, 4.69) is 44.2 Å². The Morgan fingerprint density at radius 1 is 1.04 bits per heavy atom. The van der Waals surface area contributed by atoms with E-state index in [1.807, 2.05) is 24.3 Å². The van der Waals surface area contributed by atoms with Crippen molar-refractivity contribution < 1.29 is 14.6 Å². The zero-order valence-electron chi connectivity index (χ0n) is 16.2. The summed E-state index contributed by atoms with van der Waals surface area (Å²) in [6.07, 6.45) is 2.83. The maximum Gasteiger partial charge on any atom is 0.335 e. The summed E-state index contributed by atoms with van der Waals surface area (Å²) in [7, 11) is 0. The SMILES string of the molecule is Cc1cccc(C[C@@]2(C)CCc3cc(-c4ccc(C(=O)O)cc4)ccc3O2)c1. The van der Waals surface area contributed by atoms with Crippen LogP contribution in [0.1, 0.15) is 40.4 Å². The summed E-state index contributed by atoms with van der Waals surface area (Å²) in [5.74, 6) is 0.0468. The van der Waals surface area contributed by atoms with E-state index < -0.39 is 5.97 Å². The second kappa shape index (κ2) is 7.16. The Balaban J connectivity index is 1.55. The summed E-state index contributed by atoms with van der Waals surface area (Å²) < 4.78 is 6.43. The van der Waals surface area contributed by atoms with Crippen LogP contribution in [0.3, 0.4) is 0 Å². The minimum Gasteiger partial charge on any atom is -0.487 e. The predicted octanol–water partition coefficient (Wildman–Crippen LogP) is 5.69. The number of carboxylic acid groups (broad SMARTS) is 1. The second-order valence-electron chi connectivity index (χ2n) is 7.92. The largest absolute Gasteiger partial charge is 0.487 e. The van der Waals surface area contributed by atoms with Crippen molar-refractivity contribution in [1.29, 1.82) is 0 Å². The number of carboxylic acids is 1. The molecule has 1 heterocycles. The highest BCUT2D eigenvalue weighted by Gasteiger charge is 2.32. The van der Waals surface area contributed by atoms with Crippen LogP contribution in [0, 0.1) is 6.92 Å². The van der Waals surface area contributed by atoms with Crippen molar-refractivity contribution >= 4 is 5.97 Å². The minimum absolute atomic E-state index is 0.203. The maximum absolute atomic E-state index is 11.0. The fourth-order valence-electron chi connectivity index (χ4n) is 3.95. The first kappa shape index (κ1) is 18.3. The third-order valence-electron chi connectivity index (χ3n) is 5.47. The van der Waals surface area contributed by atoms with Crippen LogP contribution in [-0.4, -0.2) is 16.7 Å². The van der Waals surface area contributed by atoms with Crippen LogP contribution >= 0.6 is 0 Å². The Kier molecular flexibility index (Phi) is 4.68. The van der Waals surface area contributed by atoms with E-state index in [9.17, 15) is 4.79 Å². The Hall–Kier alpha value is -3.07. The van der Waals surface area contributed by atoms with Gasteiger partial charge in [0.15, 0.2) is 0 Å². The molecule has 0 amide bonds. The van der Waals surface area contributed by atoms with Gasteiger partial charge < -0.3 is 9.84 Å². The van der Waals surface area contributed by atoms with Crippen LogP contribution in [0.2, 0.25) is 0 Å². The third kappa shape index (κ3) is 3.79. The van der Waals surface area contributed by atoms with Crippen LogP contribution in [0.15, 0.2) is 66.7 Å². The predicted molar refractivity (Wildman–Crippen MR) is 111 cm³/mol. The fraction of sp³-hybridized carbons (Fsp3) is 0.240. The molecule has 0 unspecified atom stereocenters. The molecule has 142 valence electrons. The molecular formula is C25H24O3. The zero-order chi connectivity index (χ0) is 19.7. The molecule has 3 heteroatoms. The minimum atomic E-state index is -0.904. The molecule has 0 aromatic heterocycles. The van der Waals surface area contributed by atoms with Gasteiger partial charge in [0.2, 0.25) is 0 Å². The first-order valence-electron chi connectivity index (χ1n) is 9.63. The monoisotopic (exact) mass is 372 g/mol. The molecule has 1 atom stereocenters. The molecule has 1 aliphatic heterocycles. The van der Waals surface area contributed by atoms with E-state index in [1.54, 1.807) is 12.1 Å². The molecule has 1 aliphatic rings. The van der Waals surface area contributed by atoms with Crippen molar-refractivity contribution in [2.24, 2.45) is 0 Å². The summed E-state index contributed by atoms with van der Waals surface area (Å²) >= 11 is 0. The lowest BCUT2D eigenvalue weighted by molar-refractivity contribution is 0.0653. The molecule has 0 bridgehead atoms. The molecule has 4 rings (SSSR count). The Morgan fingerprint density at radius 2 is 1.79 bits per heavy atom. The normalized spacial score (nSPS) is 18.2. The van der Waals surface area contributed by atoms with Crippen LogP contribution in [0.5, 0.6) is 5.75 Å². The first-order valence-corrected chi connectivity index (χ1v) is 9.63. The molecule has 3 aromatic carbocycles. The second-order valence-corrected chi connectivity index (χ2v) is 7.92. The lowest BCUT2D eigenvalue weighted by Gasteiger charge is -2.36. The summed E-state index contributed by atoms with van der Waals surface area (Å²) in [4.78, 5) is 11.0. The number of hydrogen-bond acceptors (Lipinski definition) is 2. The van der Waals surface area contributed by atoms with Gasteiger partial charge in [-0.25, -0.2) is 4.79 Å². The summed E-state index contributed by atoms with van der Waals surface area (Å²) in [5, 5.41) is 9.06. The van der Waals surface area contributed by atoms with E-state index in [0.29, 0.717) is 5.56 Å². The quantitative estimate of drug-likeness (QED) is 0.640. The molecule has 0 radical (unpaired) electrons. The van der Waals surface area contributed by atoms with E-state index in [-0.39, 0.29) is 5.60 Å². The number of benzene rings is 3. The van der Waals surface area contributed by atoms with Gasteiger partial charge in [-0.05, 0) is 73.2 Å². The molecule has 0 aliphatic carbocycles. The van der Waals surface area contributed by atoms with E-state index in [1.165, 1.54) is 16.7 Å². The third-order valence-corrected chi connectivity index (χ3v) is 5.47. The highest BCUT2D eigenvalue weighted by atomic mass is 16.5. The Labute approximate surface area is 165 Å². The van der Waals surface area contributed by atoms with Crippen LogP contribution in [0.4, 0.5) is 0 Å². The maximum atomic E-state index is 11.0. The van der Waals surface area contributed by atoms with E-state index in [0.717, 1.165) is 36.1 Å². The van der Waals surface area contributed by atoms with Crippen molar-refractivity contribution in [3.8, 4) is 16.9 Å². The highest BCUT2D eigenvalue weighted by molar-refractivity contribution is 5.88. The van der Waals surface area contributed by atoms with Crippen molar-refractivity contribution in [2.75, 3.05) is 0 Å². The average Bonchev–Trinajstić information content (AvgIpc) is 2.67. The van der Waals surface area contributed by atoms with Gasteiger partial charge in [0.25, 0.3) is 0 Å². The summed E-state index contributed by atoms with van der Waals surface area (Å²) in [5.41, 5.74) is 5.99. The van der Waals surface area contributed by atoms with Crippen LogP contribution < -0.4 is 4.74 Å².